The lowest BCUT2D eigenvalue weighted by Gasteiger charge is -2.14. The molecule has 0 saturated carbocycles. The number of ether oxygens (including phenoxy) is 1. The first-order valence-corrected chi connectivity index (χ1v) is 8.26. The van der Waals surface area contributed by atoms with Gasteiger partial charge in [-0.1, -0.05) is 53.9 Å². The Morgan fingerprint density at radius 3 is 2.57 bits per heavy atom. The van der Waals surface area contributed by atoms with Gasteiger partial charge in [0.25, 0.3) is 0 Å². The molecule has 0 bridgehead atoms. The number of rotatable bonds is 5. The van der Waals surface area contributed by atoms with E-state index in [9.17, 15) is 0 Å². The van der Waals surface area contributed by atoms with Crippen LogP contribution in [0.2, 0.25) is 15.1 Å². The Kier molecular flexibility index (Phi) is 6.20. The third-order valence-electron chi connectivity index (χ3n) is 2.80. The standard InChI is InChI=1S/C15H13BrCl3NO/c1-2-20-8-9-4-3-5-11(17)15(9)21-14-7-12(18)10(16)6-13(14)19/h3-7,20H,2,8H2,1H3. The maximum absolute atomic E-state index is 6.24. The normalized spacial score (nSPS) is 10.7. The van der Waals surface area contributed by atoms with Crippen LogP contribution in [0.4, 0.5) is 0 Å². The Balaban J connectivity index is 2.37. The van der Waals surface area contributed by atoms with Crippen LogP contribution in [0, 0.1) is 0 Å². The van der Waals surface area contributed by atoms with Gasteiger partial charge in [-0.2, -0.15) is 0 Å². The van der Waals surface area contributed by atoms with Gasteiger partial charge >= 0.3 is 0 Å². The zero-order chi connectivity index (χ0) is 15.4. The highest BCUT2D eigenvalue weighted by atomic mass is 79.9. The predicted molar refractivity (Wildman–Crippen MR) is 93.1 cm³/mol. The van der Waals surface area contributed by atoms with Crippen LogP contribution in [0.5, 0.6) is 11.5 Å². The Morgan fingerprint density at radius 1 is 1.10 bits per heavy atom. The zero-order valence-corrected chi connectivity index (χ0v) is 15.1. The molecule has 0 aliphatic carbocycles. The lowest BCUT2D eigenvalue weighted by atomic mass is 10.2. The molecule has 0 aliphatic heterocycles. The van der Waals surface area contributed by atoms with Crippen LogP contribution in [0.25, 0.3) is 0 Å². The monoisotopic (exact) mass is 407 g/mol. The van der Waals surface area contributed by atoms with Gasteiger partial charge in [-0.15, -0.1) is 0 Å². The summed E-state index contributed by atoms with van der Waals surface area (Å²) in [7, 11) is 0. The van der Waals surface area contributed by atoms with Gasteiger partial charge in [0.05, 0.1) is 15.1 Å². The van der Waals surface area contributed by atoms with Crippen molar-refractivity contribution in [2.75, 3.05) is 6.54 Å². The summed E-state index contributed by atoms with van der Waals surface area (Å²) in [6.07, 6.45) is 0. The fraction of sp³-hybridized carbons (Fsp3) is 0.200. The molecule has 0 spiro atoms. The summed E-state index contributed by atoms with van der Waals surface area (Å²) < 4.78 is 6.61. The summed E-state index contributed by atoms with van der Waals surface area (Å²) in [4.78, 5) is 0. The molecule has 0 saturated heterocycles. The number of hydrogen-bond acceptors (Lipinski definition) is 2. The maximum atomic E-state index is 6.24. The summed E-state index contributed by atoms with van der Waals surface area (Å²) in [5, 5.41) is 4.76. The third kappa shape index (κ3) is 4.27. The second kappa shape index (κ2) is 7.70. The highest BCUT2D eigenvalue weighted by molar-refractivity contribution is 9.10. The van der Waals surface area contributed by atoms with Crippen LogP contribution < -0.4 is 10.1 Å². The lowest BCUT2D eigenvalue weighted by Crippen LogP contribution is -2.12. The van der Waals surface area contributed by atoms with Crippen molar-refractivity contribution in [1.29, 1.82) is 0 Å². The van der Waals surface area contributed by atoms with Crippen molar-refractivity contribution in [2.45, 2.75) is 13.5 Å². The van der Waals surface area contributed by atoms with Gasteiger partial charge in [-0.3, -0.25) is 0 Å². The average Bonchev–Trinajstić information content (AvgIpc) is 2.45. The summed E-state index contributed by atoms with van der Waals surface area (Å²) in [6.45, 7) is 3.56. The largest absolute Gasteiger partial charge is 0.454 e. The minimum absolute atomic E-state index is 0.459. The van der Waals surface area contributed by atoms with Crippen LogP contribution in [0.3, 0.4) is 0 Å². The molecule has 2 rings (SSSR count). The van der Waals surface area contributed by atoms with E-state index in [-0.39, 0.29) is 0 Å². The Labute approximate surface area is 147 Å². The van der Waals surface area contributed by atoms with E-state index in [2.05, 4.69) is 21.2 Å². The number of hydrogen-bond donors (Lipinski definition) is 1. The molecule has 0 fully saturated rings. The van der Waals surface area contributed by atoms with Crippen molar-refractivity contribution < 1.29 is 4.74 Å². The predicted octanol–water partition coefficient (Wildman–Crippen LogP) is 6.31. The molecule has 0 aliphatic rings. The number of halogens is 4. The van der Waals surface area contributed by atoms with E-state index in [0.29, 0.717) is 37.6 Å². The third-order valence-corrected chi connectivity index (χ3v) is 4.59. The van der Waals surface area contributed by atoms with Gasteiger partial charge in [0.1, 0.15) is 5.75 Å². The highest BCUT2D eigenvalue weighted by Gasteiger charge is 2.13. The van der Waals surface area contributed by atoms with Crippen molar-refractivity contribution >= 4 is 50.7 Å². The van der Waals surface area contributed by atoms with Crippen LogP contribution in [-0.4, -0.2) is 6.54 Å². The fourth-order valence-corrected chi connectivity index (χ4v) is 2.82. The van der Waals surface area contributed by atoms with Crippen molar-refractivity contribution in [3.05, 3.63) is 55.4 Å². The average molecular weight is 410 g/mol. The zero-order valence-electron chi connectivity index (χ0n) is 11.2. The Morgan fingerprint density at radius 2 is 1.86 bits per heavy atom. The molecule has 6 heteroatoms. The second-order valence-corrected chi connectivity index (χ2v) is 6.38. The molecule has 112 valence electrons. The van der Waals surface area contributed by atoms with Crippen molar-refractivity contribution in [1.82, 2.24) is 5.32 Å². The molecule has 2 aromatic rings. The van der Waals surface area contributed by atoms with E-state index < -0.39 is 0 Å². The minimum atomic E-state index is 0.459. The molecule has 0 aromatic heterocycles. The van der Waals surface area contributed by atoms with Crippen LogP contribution in [0.15, 0.2) is 34.8 Å². The molecule has 0 atom stereocenters. The quantitative estimate of drug-likeness (QED) is 0.584. The van der Waals surface area contributed by atoms with Crippen LogP contribution >= 0.6 is 50.7 Å². The smallest absolute Gasteiger partial charge is 0.150 e. The summed E-state index contributed by atoms with van der Waals surface area (Å²) in [5.74, 6) is 1.05. The molecule has 21 heavy (non-hydrogen) atoms. The fourth-order valence-electron chi connectivity index (χ4n) is 1.76. The van der Waals surface area contributed by atoms with Gasteiger partial charge in [-0.05, 0) is 34.6 Å². The summed E-state index contributed by atoms with van der Waals surface area (Å²) in [5.41, 5.74) is 0.958. The van der Waals surface area contributed by atoms with E-state index in [0.717, 1.165) is 12.1 Å². The molecule has 2 nitrogen and oxygen atoms in total. The molecule has 0 amide bonds. The SMILES string of the molecule is CCNCc1cccc(Cl)c1Oc1cc(Cl)c(Br)cc1Cl. The van der Waals surface area contributed by atoms with Gasteiger partial charge in [-0.25, -0.2) is 0 Å². The first-order valence-electron chi connectivity index (χ1n) is 6.33. The molecular formula is C15H13BrCl3NO. The van der Waals surface area contributed by atoms with Crippen LogP contribution in [0.1, 0.15) is 12.5 Å². The molecule has 0 unspecified atom stereocenters. The number of para-hydroxylation sites is 1. The van der Waals surface area contributed by atoms with E-state index in [1.54, 1.807) is 18.2 Å². The van der Waals surface area contributed by atoms with Gasteiger partial charge in [0, 0.05) is 22.6 Å². The summed E-state index contributed by atoms with van der Waals surface area (Å²) >= 11 is 21.8. The maximum Gasteiger partial charge on any atom is 0.150 e. The van der Waals surface area contributed by atoms with Gasteiger partial charge in [0.2, 0.25) is 0 Å². The van der Waals surface area contributed by atoms with E-state index >= 15 is 0 Å². The van der Waals surface area contributed by atoms with Crippen molar-refractivity contribution in [3.63, 3.8) is 0 Å². The first-order chi connectivity index (χ1) is 10.0. The van der Waals surface area contributed by atoms with Gasteiger partial charge < -0.3 is 10.1 Å². The van der Waals surface area contributed by atoms with Crippen LogP contribution in [-0.2, 0) is 6.54 Å². The Hall–Kier alpha value is -0.450. The van der Waals surface area contributed by atoms with Crippen molar-refractivity contribution in [3.8, 4) is 11.5 Å². The first kappa shape index (κ1) is 16.9. The molecule has 0 heterocycles. The molecule has 0 radical (unpaired) electrons. The lowest BCUT2D eigenvalue weighted by molar-refractivity contribution is 0.473. The molecular weight excluding hydrogens is 396 g/mol. The number of nitrogens with one attached hydrogen (secondary N) is 1. The van der Waals surface area contributed by atoms with E-state index in [1.165, 1.54) is 0 Å². The Bertz CT molecular complexity index is 649. The van der Waals surface area contributed by atoms with Crippen molar-refractivity contribution in [2.24, 2.45) is 0 Å². The number of benzene rings is 2. The van der Waals surface area contributed by atoms with Gasteiger partial charge in [0.15, 0.2) is 5.75 Å². The van der Waals surface area contributed by atoms with E-state index in [1.807, 2.05) is 19.1 Å². The molecule has 2 aromatic carbocycles. The molecule has 1 N–H and O–H groups in total. The second-order valence-electron chi connectivity index (χ2n) is 4.31. The summed E-state index contributed by atoms with van der Waals surface area (Å²) in [6, 6.07) is 8.98. The highest BCUT2D eigenvalue weighted by Crippen LogP contribution is 2.39. The van der Waals surface area contributed by atoms with E-state index in [4.69, 9.17) is 39.5 Å². The minimum Gasteiger partial charge on any atom is -0.454 e. The topological polar surface area (TPSA) is 21.3 Å².